The molecule has 0 radical (unpaired) electrons. The average molecular weight is 210 g/mol. The Bertz CT molecular complexity index is 320. The molecule has 0 saturated heterocycles. The van der Waals surface area contributed by atoms with Crippen LogP contribution in [0, 0.1) is 0 Å². The van der Waals surface area contributed by atoms with Crippen molar-refractivity contribution in [3.05, 3.63) is 47.0 Å². The molecule has 1 rings (SSSR count). The molecule has 0 aliphatic carbocycles. The molecule has 2 heteroatoms. The summed E-state index contributed by atoms with van der Waals surface area (Å²) in [6, 6.07) is 8.18. The summed E-state index contributed by atoms with van der Waals surface area (Å²) >= 11 is 6.11. The van der Waals surface area contributed by atoms with Crippen molar-refractivity contribution >= 4 is 11.6 Å². The molecule has 0 spiro atoms. The zero-order valence-electron chi connectivity index (χ0n) is 8.68. The van der Waals surface area contributed by atoms with Gasteiger partial charge in [-0.05, 0) is 32.0 Å². The predicted molar refractivity (Wildman–Crippen MR) is 62.7 cm³/mol. The molecule has 1 aromatic carbocycles. The van der Waals surface area contributed by atoms with E-state index in [2.05, 4.69) is 11.9 Å². The summed E-state index contributed by atoms with van der Waals surface area (Å²) in [6.07, 6.45) is 0.917. The van der Waals surface area contributed by atoms with Crippen LogP contribution in [0.25, 0.3) is 0 Å². The molecule has 76 valence electrons. The van der Waals surface area contributed by atoms with Crippen LogP contribution in [0.1, 0.15) is 24.9 Å². The fourth-order valence-corrected chi connectivity index (χ4v) is 1.74. The molecule has 1 aromatic rings. The summed E-state index contributed by atoms with van der Waals surface area (Å²) in [5.74, 6) is 0. The molecule has 14 heavy (non-hydrogen) atoms. The van der Waals surface area contributed by atoms with Gasteiger partial charge in [0.2, 0.25) is 0 Å². The molecule has 0 aromatic heterocycles. The van der Waals surface area contributed by atoms with Gasteiger partial charge in [-0.3, -0.25) is 0 Å². The van der Waals surface area contributed by atoms with Crippen LogP contribution in [0.5, 0.6) is 0 Å². The van der Waals surface area contributed by atoms with Gasteiger partial charge in [-0.1, -0.05) is 35.4 Å². The van der Waals surface area contributed by atoms with Crippen LogP contribution in [0.15, 0.2) is 36.4 Å². The Morgan fingerprint density at radius 1 is 1.50 bits per heavy atom. The highest BCUT2D eigenvalue weighted by Crippen LogP contribution is 2.26. The van der Waals surface area contributed by atoms with Crippen molar-refractivity contribution in [3.63, 3.8) is 0 Å². The van der Waals surface area contributed by atoms with Gasteiger partial charge in [-0.15, -0.1) is 6.58 Å². The number of rotatable bonds is 4. The first-order valence-corrected chi connectivity index (χ1v) is 5.09. The van der Waals surface area contributed by atoms with Gasteiger partial charge < -0.3 is 5.32 Å². The lowest BCUT2D eigenvalue weighted by molar-refractivity contribution is 0.590. The zero-order chi connectivity index (χ0) is 10.6. The van der Waals surface area contributed by atoms with Crippen LogP contribution < -0.4 is 5.32 Å². The molecule has 1 nitrogen and oxygen atoms in total. The summed E-state index contributed by atoms with van der Waals surface area (Å²) in [5.41, 5.74) is 2.30. The molecular formula is C12H16ClN. The maximum atomic E-state index is 6.11. The van der Waals surface area contributed by atoms with Gasteiger partial charge in [-0.25, -0.2) is 0 Å². The van der Waals surface area contributed by atoms with E-state index in [1.165, 1.54) is 0 Å². The fourth-order valence-electron chi connectivity index (χ4n) is 1.47. The van der Waals surface area contributed by atoms with Gasteiger partial charge in [0, 0.05) is 11.1 Å². The topological polar surface area (TPSA) is 12.0 Å². The molecule has 0 aliphatic heterocycles. The first-order chi connectivity index (χ1) is 6.65. The molecule has 0 bridgehead atoms. The van der Waals surface area contributed by atoms with Crippen molar-refractivity contribution < 1.29 is 0 Å². The number of nitrogens with one attached hydrogen (secondary N) is 1. The third-order valence-electron chi connectivity index (χ3n) is 2.18. The van der Waals surface area contributed by atoms with Crippen molar-refractivity contribution in [3.8, 4) is 0 Å². The van der Waals surface area contributed by atoms with Crippen LogP contribution in [0.2, 0.25) is 5.02 Å². The minimum absolute atomic E-state index is 0.265. The predicted octanol–water partition coefficient (Wildman–Crippen LogP) is 3.57. The van der Waals surface area contributed by atoms with Gasteiger partial charge in [-0.2, -0.15) is 0 Å². The third-order valence-corrected chi connectivity index (χ3v) is 2.53. The lowest BCUT2D eigenvalue weighted by Crippen LogP contribution is -2.16. The largest absolute Gasteiger partial charge is 0.313 e. The highest BCUT2D eigenvalue weighted by Gasteiger charge is 2.11. The summed E-state index contributed by atoms with van der Waals surface area (Å²) < 4.78 is 0. The van der Waals surface area contributed by atoms with Crippen LogP contribution in [-0.4, -0.2) is 7.05 Å². The number of benzene rings is 1. The Morgan fingerprint density at radius 3 is 2.64 bits per heavy atom. The second kappa shape index (κ2) is 5.18. The molecule has 1 atom stereocenters. The average Bonchev–Trinajstić information content (AvgIpc) is 2.15. The Balaban J connectivity index is 2.89. The molecule has 1 N–H and O–H groups in total. The van der Waals surface area contributed by atoms with Gasteiger partial charge in [0.15, 0.2) is 0 Å². The van der Waals surface area contributed by atoms with E-state index < -0.39 is 0 Å². The molecule has 1 unspecified atom stereocenters. The number of hydrogen-bond donors (Lipinski definition) is 1. The van der Waals surface area contributed by atoms with E-state index in [1.54, 1.807) is 0 Å². The normalized spacial score (nSPS) is 12.5. The van der Waals surface area contributed by atoms with Crippen LogP contribution in [0.4, 0.5) is 0 Å². The van der Waals surface area contributed by atoms with E-state index in [0.29, 0.717) is 0 Å². The molecule has 0 aliphatic rings. The van der Waals surface area contributed by atoms with E-state index >= 15 is 0 Å². The number of hydrogen-bond acceptors (Lipinski definition) is 1. The second-order valence-electron chi connectivity index (χ2n) is 3.52. The van der Waals surface area contributed by atoms with Crippen LogP contribution in [0.3, 0.4) is 0 Å². The molecule has 0 fully saturated rings. The van der Waals surface area contributed by atoms with Gasteiger partial charge in [0.05, 0.1) is 0 Å². The van der Waals surface area contributed by atoms with E-state index in [4.69, 9.17) is 11.6 Å². The zero-order valence-corrected chi connectivity index (χ0v) is 9.43. The molecule has 0 heterocycles. The Labute approximate surface area is 90.8 Å². The van der Waals surface area contributed by atoms with Crippen LogP contribution in [-0.2, 0) is 0 Å². The lowest BCUT2D eigenvalue weighted by Gasteiger charge is -2.17. The first kappa shape index (κ1) is 11.3. The quantitative estimate of drug-likeness (QED) is 0.748. The van der Waals surface area contributed by atoms with Crippen molar-refractivity contribution in [2.75, 3.05) is 7.05 Å². The van der Waals surface area contributed by atoms with E-state index in [1.807, 2.05) is 38.2 Å². The molecule has 0 saturated carbocycles. The highest BCUT2D eigenvalue weighted by molar-refractivity contribution is 6.31. The van der Waals surface area contributed by atoms with Crippen molar-refractivity contribution in [1.29, 1.82) is 0 Å². The van der Waals surface area contributed by atoms with Crippen molar-refractivity contribution in [2.45, 2.75) is 19.4 Å². The summed E-state index contributed by atoms with van der Waals surface area (Å²) in [6.45, 7) is 5.94. The van der Waals surface area contributed by atoms with Gasteiger partial charge in [0.25, 0.3) is 0 Å². The standard InChI is InChI=1S/C12H16ClN/c1-9(2)8-12(14-3)10-6-4-5-7-11(10)13/h4-7,12,14H,1,8H2,2-3H3. The maximum absolute atomic E-state index is 6.11. The minimum Gasteiger partial charge on any atom is -0.313 e. The van der Waals surface area contributed by atoms with E-state index in [-0.39, 0.29) is 6.04 Å². The third kappa shape index (κ3) is 2.86. The Morgan fingerprint density at radius 2 is 2.14 bits per heavy atom. The Hall–Kier alpha value is -0.790. The highest BCUT2D eigenvalue weighted by atomic mass is 35.5. The summed E-state index contributed by atoms with van der Waals surface area (Å²) in [7, 11) is 1.94. The maximum Gasteiger partial charge on any atom is 0.0453 e. The van der Waals surface area contributed by atoms with Crippen molar-refractivity contribution in [1.82, 2.24) is 5.32 Å². The van der Waals surface area contributed by atoms with Crippen LogP contribution >= 0.6 is 11.6 Å². The lowest BCUT2D eigenvalue weighted by atomic mass is 10.0. The smallest absolute Gasteiger partial charge is 0.0453 e. The van der Waals surface area contributed by atoms with E-state index in [9.17, 15) is 0 Å². The summed E-state index contributed by atoms with van der Waals surface area (Å²) in [5, 5.41) is 4.06. The fraction of sp³-hybridized carbons (Fsp3) is 0.333. The SMILES string of the molecule is C=C(C)CC(NC)c1ccccc1Cl. The van der Waals surface area contributed by atoms with E-state index in [0.717, 1.165) is 22.6 Å². The second-order valence-corrected chi connectivity index (χ2v) is 3.93. The van der Waals surface area contributed by atoms with Gasteiger partial charge in [0.1, 0.15) is 0 Å². The monoisotopic (exact) mass is 209 g/mol. The molecular weight excluding hydrogens is 194 g/mol. The number of halogens is 1. The van der Waals surface area contributed by atoms with Crippen molar-refractivity contribution in [2.24, 2.45) is 0 Å². The Kier molecular flexibility index (Phi) is 4.18. The first-order valence-electron chi connectivity index (χ1n) is 4.71. The molecule has 0 amide bonds. The summed E-state index contributed by atoms with van der Waals surface area (Å²) in [4.78, 5) is 0. The minimum atomic E-state index is 0.265. The van der Waals surface area contributed by atoms with Gasteiger partial charge >= 0.3 is 0 Å².